The molecule has 2 rings (SSSR count). The smallest absolute Gasteiger partial charge is 0.221 e. The molecule has 5 nitrogen and oxygen atoms in total. The minimum absolute atomic E-state index is 0.00586. The fourth-order valence-corrected chi connectivity index (χ4v) is 2.16. The molecule has 2 heterocycles. The first kappa shape index (κ1) is 13.8. The SMILES string of the molecule is CNC(=O)CCn1c(CCCl)nc2ccc(C)nc21. The Hall–Kier alpha value is -1.62. The van der Waals surface area contributed by atoms with Crippen LogP contribution in [-0.4, -0.2) is 33.4 Å². The normalized spacial score (nSPS) is 10.9. The minimum atomic E-state index is 0.00586. The van der Waals surface area contributed by atoms with E-state index in [9.17, 15) is 4.79 Å². The van der Waals surface area contributed by atoms with Crippen molar-refractivity contribution < 1.29 is 4.79 Å². The number of hydrogen-bond acceptors (Lipinski definition) is 3. The maximum absolute atomic E-state index is 11.4. The van der Waals surface area contributed by atoms with Gasteiger partial charge < -0.3 is 9.88 Å². The second kappa shape index (κ2) is 6.02. The zero-order valence-electron chi connectivity index (χ0n) is 11.1. The second-order valence-corrected chi connectivity index (χ2v) is 4.72. The van der Waals surface area contributed by atoms with Crippen LogP contribution in [0.25, 0.3) is 11.2 Å². The van der Waals surface area contributed by atoms with Crippen molar-refractivity contribution in [2.75, 3.05) is 12.9 Å². The Morgan fingerprint density at radius 3 is 2.89 bits per heavy atom. The Morgan fingerprint density at radius 2 is 2.21 bits per heavy atom. The van der Waals surface area contributed by atoms with E-state index in [1.54, 1.807) is 7.05 Å². The van der Waals surface area contributed by atoms with Crippen LogP contribution in [0.15, 0.2) is 12.1 Å². The molecule has 0 aromatic carbocycles. The molecule has 0 radical (unpaired) electrons. The van der Waals surface area contributed by atoms with Crippen LogP contribution in [0.3, 0.4) is 0 Å². The van der Waals surface area contributed by atoms with Gasteiger partial charge in [-0.25, -0.2) is 9.97 Å². The highest BCUT2D eigenvalue weighted by Gasteiger charge is 2.12. The maximum Gasteiger partial charge on any atom is 0.221 e. The Bertz CT molecular complexity index is 594. The molecule has 0 bridgehead atoms. The number of rotatable bonds is 5. The third-order valence-corrected chi connectivity index (χ3v) is 3.16. The molecular weight excluding hydrogens is 264 g/mol. The number of carbonyl (C=O) groups is 1. The van der Waals surface area contributed by atoms with Crippen LogP contribution < -0.4 is 5.32 Å². The number of amides is 1. The van der Waals surface area contributed by atoms with Gasteiger partial charge in [0.1, 0.15) is 11.3 Å². The van der Waals surface area contributed by atoms with Crippen LogP contribution in [-0.2, 0) is 17.8 Å². The summed E-state index contributed by atoms with van der Waals surface area (Å²) in [7, 11) is 1.64. The summed E-state index contributed by atoms with van der Waals surface area (Å²) in [5.41, 5.74) is 2.61. The lowest BCUT2D eigenvalue weighted by Crippen LogP contribution is -2.20. The average molecular weight is 281 g/mol. The molecule has 0 aliphatic carbocycles. The Balaban J connectivity index is 2.38. The molecule has 0 fully saturated rings. The van der Waals surface area contributed by atoms with Crippen molar-refractivity contribution >= 4 is 28.7 Å². The van der Waals surface area contributed by atoms with E-state index in [2.05, 4.69) is 15.3 Å². The van der Waals surface area contributed by atoms with E-state index in [0.29, 0.717) is 25.3 Å². The van der Waals surface area contributed by atoms with Crippen LogP contribution in [0, 0.1) is 6.92 Å². The number of carbonyl (C=O) groups excluding carboxylic acids is 1. The predicted octanol–water partition coefficient (Wildman–Crippen LogP) is 1.66. The molecule has 102 valence electrons. The van der Waals surface area contributed by atoms with Gasteiger partial charge in [0.25, 0.3) is 0 Å². The van der Waals surface area contributed by atoms with Crippen molar-refractivity contribution in [2.24, 2.45) is 0 Å². The molecule has 19 heavy (non-hydrogen) atoms. The van der Waals surface area contributed by atoms with Crippen LogP contribution in [0.1, 0.15) is 17.9 Å². The topological polar surface area (TPSA) is 59.8 Å². The molecule has 2 aromatic rings. The number of aromatic nitrogens is 3. The lowest BCUT2D eigenvalue weighted by molar-refractivity contribution is -0.120. The van der Waals surface area contributed by atoms with Gasteiger partial charge in [0.05, 0.1) is 0 Å². The number of fused-ring (bicyclic) bond motifs is 1. The summed E-state index contributed by atoms with van der Waals surface area (Å²) < 4.78 is 1.99. The van der Waals surface area contributed by atoms with E-state index in [-0.39, 0.29) is 5.91 Å². The van der Waals surface area contributed by atoms with E-state index in [1.807, 2.05) is 23.6 Å². The van der Waals surface area contributed by atoms with E-state index in [4.69, 9.17) is 11.6 Å². The highest BCUT2D eigenvalue weighted by Crippen LogP contribution is 2.16. The quantitative estimate of drug-likeness (QED) is 0.848. The highest BCUT2D eigenvalue weighted by atomic mass is 35.5. The van der Waals surface area contributed by atoms with Crippen molar-refractivity contribution in [1.82, 2.24) is 19.9 Å². The number of hydrogen-bond donors (Lipinski definition) is 1. The molecule has 1 amide bonds. The monoisotopic (exact) mass is 280 g/mol. The summed E-state index contributed by atoms with van der Waals surface area (Å²) in [5, 5.41) is 2.62. The van der Waals surface area contributed by atoms with Crippen molar-refractivity contribution in [2.45, 2.75) is 26.3 Å². The third-order valence-electron chi connectivity index (χ3n) is 2.97. The first-order valence-electron chi connectivity index (χ1n) is 6.25. The number of halogens is 1. The van der Waals surface area contributed by atoms with Crippen molar-refractivity contribution in [3.8, 4) is 0 Å². The Kier molecular flexibility index (Phi) is 4.37. The van der Waals surface area contributed by atoms with Crippen LogP contribution in [0.2, 0.25) is 0 Å². The Labute approximate surface area is 117 Å². The summed E-state index contributed by atoms with van der Waals surface area (Å²) in [6.07, 6.45) is 1.08. The third kappa shape index (κ3) is 3.04. The van der Waals surface area contributed by atoms with E-state index in [1.165, 1.54) is 0 Å². The first-order chi connectivity index (χ1) is 9.15. The molecule has 0 unspecified atom stereocenters. The molecule has 0 saturated heterocycles. The number of aryl methyl sites for hydroxylation is 3. The zero-order valence-corrected chi connectivity index (χ0v) is 11.9. The molecule has 0 aliphatic heterocycles. The summed E-state index contributed by atoms with van der Waals surface area (Å²) in [6, 6.07) is 3.88. The molecule has 6 heteroatoms. The van der Waals surface area contributed by atoms with Gasteiger partial charge in [-0.15, -0.1) is 11.6 Å². The zero-order chi connectivity index (χ0) is 13.8. The van der Waals surface area contributed by atoms with Crippen molar-refractivity contribution in [1.29, 1.82) is 0 Å². The van der Waals surface area contributed by atoms with Gasteiger partial charge in [-0.3, -0.25) is 4.79 Å². The summed E-state index contributed by atoms with van der Waals surface area (Å²) >= 11 is 5.80. The van der Waals surface area contributed by atoms with Crippen molar-refractivity contribution in [3.05, 3.63) is 23.7 Å². The van der Waals surface area contributed by atoms with Gasteiger partial charge in [0, 0.05) is 38.0 Å². The lowest BCUT2D eigenvalue weighted by Gasteiger charge is -2.07. The minimum Gasteiger partial charge on any atom is -0.359 e. The van der Waals surface area contributed by atoms with Crippen LogP contribution in [0.4, 0.5) is 0 Å². The molecule has 0 saturated carbocycles. The molecule has 0 atom stereocenters. The van der Waals surface area contributed by atoms with Crippen LogP contribution >= 0.6 is 11.6 Å². The van der Waals surface area contributed by atoms with Gasteiger partial charge in [0.2, 0.25) is 5.91 Å². The Morgan fingerprint density at radius 1 is 1.42 bits per heavy atom. The number of alkyl halides is 1. The fraction of sp³-hybridized carbons (Fsp3) is 0.462. The number of nitrogens with one attached hydrogen (secondary N) is 1. The fourth-order valence-electron chi connectivity index (χ4n) is 1.99. The maximum atomic E-state index is 11.4. The van der Waals surface area contributed by atoms with Gasteiger partial charge >= 0.3 is 0 Å². The summed E-state index contributed by atoms with van der Waals surface area (Å²) in [4.78, 5) is 20.4. The highest BCUT2D eigenvalue weighted by molar-refractivity contribution is 6.17. The first-order valence-corrected chi connectivity index (χ1v) is 6.78. The van der Waals surface area contributed by atoms with Gasteiger partial charge in [-0.2, -0.15) is 0 Å². The average Bonchev–Trinajstić information content (AvgIpc) is 2.73. The van der Waals surface area contributed by atoms with E-state index in [0.717, 1.165) is 22.7 Å². The molecule has 0 spiro atoms. The number of imidazole rings is 1. The van der Waals surface area contributed by atoms with Gasteiger partial charge in [0.15, 0.2) is 5.65 Å². The van der Waals surface area contributed by atoms with Gasteiger partial charge in [-0.1, -0.05) is 0 Å². The molecule has 0 aliphatic rings. The predicted molar refractivity (Wildman–Crippen MR) is 75.4 cm³/mol. The van der Waals surface area contributed by atoms with Crippen LogP contribution in [0.5, 0.6) is 0 Å². The van der Waals surface area contributed by atoms with E-state index >= 15 is 0 Å². The lowest BCUT2D eigenvalue weighted by atomic mass is 10.3. The molecule has 1 N–H and O–H groups in total. The molecule has 2 aromatic heterocycles. The molecular formula is C13H17ClN4O. The number of nitrogens with zero attached hydrogens (tertiary/aromatic N) is 3. The summed E-state index contributed by atoms with van der Waals surface area (Å²) in [6.45, 7) is 2.51. The second-order valence-electron chi connectivity index (χ2n) is 4.34. The number of pyridine rings is 1. The standard InChI is InChI=1S/C13H17ClN4O/c1-9-3-4-10-13(16-9)18(8-6-12(19)15-2)11(17-10)5-7-14/h3-4H,5-8H2,1-2H3,(H,15,19). The van der Waals surface area contributed by atoms with Gasteiger partial charge in [-0.05, 0) is 19.1 Å². The van der Waals surface area contributed by atoms with E-state index < -0.39 is 0 Å². The van der Waals surface area contributed by atoms with Crippen molar-refractivity contribution in [3.63, 3.8) is 0 Å². The summed E-state index contributed by atoms with van der Waals surface area (Å²) in [5.74, 6) is 1.39. The largest absolute Gasteiger partial charge is 0.359 e.